The fourth-order valence-corrected chi connectivity index (χ4v) is 5.71. The van der Waals surface area contributed by atoms with Crippen molar-refractivity contribution < 1.29 is 13.2 Å². The first-order valence-electron chi connectivity index (χ1n) is 8.68. The summed E-state index contributed by atoms with van der Waals surface area (Å²) in [6, 6.07) is 5.67. The monoisotopic (exact) mass is 409 g/mol. The van der Waals surface area contributed by atoms with Gasteiger partial charge in [-0.15, -0.1) is 5.10 Å². The quantitative estimate of drug-likeness (QED) is 0.689. The third kappa shape index (κ3) is 4.32. The number of nitrogens with zero attached hydrogens (tertiary/aromatic N) is 5. The molecule has 27 heavy (non-hydrogen) atoms. The average Bonchev–Trinajstić information content (AvgIpc) is 3.22. The second-order valence-electron chi connectivity index (χ2n) is 6.91. The summed E-state index contributed by atoms with van der Waals surface area (Å²) in [6.45, 7) is 5.84. The van der Waals surface area contributed by atoms with Crippen molar-refractivity contribution >= 4 is 27.5 Å². The Balaban J connectivity index is 1.73. The molecule has 1 fully saturated rings. The molecule has 2 heterocycles. The highest BCUT2D eigenvalue weighted by Crippen LogP contribution is 2.26. The first-order valence-corrected chi connectivity index (χ1v) is 11.4. The van der Waals surface area contributed by atoms with Gasteiger partial charge in [-0.05, 0) is 60.9 Å². The molecule has 1 amide bonds. The Morgan fingerprint density at radius 3 is 2.70 bits per heavy atom. The van der Waals surface area contributed by atoms with Crippen molar-refractivity contribution in [1.82, 2.24) is 25.1 Å². The lowest BCUT2D eigenvalue weighted by atomic mass is 10.1. The first kappa shape index (κ1) is 19.8. The number of carbonyl (C=O) groups is 1. The van der Waals surface area contributed by atoms with Crippen LogP contribution in [0.2, 0.25) is 0 Å². The highest BCUT2D eigenvalue weighted by Gasteiger charge is 2.34. The minimum atomic E-state index is -3.04. The van der Waals surface area contributed by atoms with Crippen LogP contribution in [0.15, 0.2) is 23.4 Å². The number of benzene rings is 1. The fourth-order valence-electron chi connectivity index (χ4n) is 3.03. The highest BCUT2D eigenvalue weighted by atomic mass is 32.2. The van der Waals surface area contributed by atoms with Crippen LogP contribution in [0, 0.1) is 13.8 Å². The minimum absolute atomic E-state index is 0.0347. The van der Waals surface area contributed by atoms with Crippen LogP contribution in [0.5, 0.6) is 0 Å². The van der Waals surface area contributed by atoms with Crippen molar-refractivity contribution in [1.29, 1.82) is 0 Å². The topological polar surface area (TPSA) is 98.1 Å². The summed E-state index contributed by atoms with van der Waals surface area (Å²) in [5.74, 6) is 0.0474. The van der Waals surface area contributed by atoms with Gasteiger partial charge >= 0.3 is 0 Å². The van der Waals surface area contributed by atoms with Gasteiger partial charge in [0.25, 0.3) is 0 Å². The molecule has 0 aliphatic carbocycles. The van der Waals surface area contributed by atoms with Gasteiger partial charge in [0.2, 0.25) is 11.1 Å². The number of sulfone groups is 1. The van der Waals surface area contributed by atoms with Crippen LogP contribution in [-0.2, 0) is 14.6 Å². The van der Waals surface area contributed by atoms with Gasteiger partial charge < -0.3 is 4.90 Å². The third-order valence-corrected chi connectivity index (χ3v) is 7.68. The Morgan fingerprint density at radius 1 is 1.33 bits per heavy atom. The number of tetrazole rings is 1. The van der Waals surface area contributed by atoms with E-state index in [0.29, 0.717) is 11.6 Å². The zero-order valence-electron chi connectivity index (χ0n) is 15.8. The lowest BCUT2D eigenvalue weighted by molar-refractivity contribution is -0.130. The van der Waals surface area contributed by atoms with E-state index >= 15 is 0 Å². The molecule has 2 atom stereocenters. The number of thioether (sulfide) groups is 1. The number of hydrogen-bond donors (Lipinski definition) is 0. The van der Waals surface area contributed by atoms with Crippen molar-refractivity contribution in [3.63, 3.8) is 0 Å². The van der Waals surface area contributed by atoms with Gasteiger partial charge in [0.15, 0.2) is 9.84 Å². The van der Waals surface area contributed by atoms with Gasteiger partial charge in [-0.2, -0.15) is 4.68 Å². The Kier molecular flexibility index (Phi) is 5.57. The summed E-state index contributed by atoms with van der Waals surface area (Å²) >= 11 is 1.26. The highest BCUT2D eigenvalue weighted by molar-refractivity contribution is 8.00. The minimum Gasteiger partial charge on any atom is -0.341 e. The van der Waals surface area contributed by atoms with Crippen molar-refractivity contribution in [2.24, 2.45) is 0 Å². The van der Waals surface area contributed by atoms with Crippen LogP contribution in [0.25, 0.3) is 5.69 Å². The smallest absolute Gasteiger partial charge is 0.235 e. The van der Waals surface area contributed by atoms with Crippen molar-refractivity contribution in [3.05, 3.63) is 29.3 Å². The third-order valence-electron chi connectivity index (χ3n) is 4.91. The average molecular weight is 410 g/mol. The van der Waals surface area contributed by atoms with Crippen molar-refractivity contribution in [2.75, 3.05) is 18.6 Å². The lowest BCUT2D eigenvalue weighted by Crippen LogP contribution is -2.41. The van der Waals surface area contributed by atoms with Crippen LogP contribution in [0.4, 0.5) is 0 Å². The number of amides is 1. The van der Waals surface area contributed by atoms with E-state index in [-0.39, 0.29) is 23.5 Å². The number of carbonyl (C=O) groups excluding carboxylic acids is 1. The molecular formula is C17H23N5O3S2. The molecular weight excluding hydrogens is 386 g/mol. The van der Waals surface area contributed by atoms with Crippen LogP contribution in [0.3, 0.4) is 0 Å². The molecule has 8 nitrogen and oxygen atoms in total. The standard InChI is InChI=1S/C17H23N5O3S2/c1-11-5-6-14(9-12(11)2)22-17(18-19-20-22)26-13(3)16(23)21(4)15-7-8-27(24,25)10-15/h5-6,9,13,15H,7-8,10H2,1-4H3/t13-,15+/m1/s1. The number of aryl methyl sites for hydroxylation is 2. The fraction of sp³-hybridized carbons (Fsp3) is 0.529. The summed E-state index contributed by atoms with van der Waals surface area (Å²) in [7, 11) is -1.37. The summed E-state index contributed by atoms with van der Waals surface area (Å²) in [5, 5.41) is 11.9. The van der Waals surface area contributed by atoms with Gasteiger partial charge in [0.1, 0.15) is 0 Å². The van der Waals surface area contributed by atoms with E-state index < -0.39 is 15.1 Å². The van der Waals surface area contributed by atoms with Gasteiger partial charge in [-0.3, -0.25) is 4.79 Å². The van der Waals surface area contributed by atoms with Gasteiger partial charge in [-0.1, -0.05) is 17.8 Å². The molecule has 1 aromatic heterocycles. The van der Waals surface area contributed by atoms with E-state index in [4.69, 9.17) is 0 Å². The first-order chi connectivity index (χ1) is 12.7. The second-order valence-corrected chi connectivity index (χ2v) is 10.4. The molecule has 0 unspecified atom stereocenters. The molecule has 1 aromatic carbocycles. The predicted molar refractivity (Wildman–Crippen MR) is 104 cm³/mol. The molecule has 10 heteroatoms. The lowest BCUT2D eigenvalue weighted by Gasteiger charge is -2.26. The van der Waals surface area contributed by atoms with Gasteiger partial charge in [0, 0.05) is 13.1 Å². The molecule has 2 aromatic rings. The maximum atomic E-state index is 12.7. The molecule has 0 radical (unpaired) electrons. The zero-order valence-corrected chi connectivity index (χ0v) is 17.4. The molecule has 0 saturated carbocycles. The molecule has 1 aliphatic heterocycles. The normalized spacial score (nSPS) is 19.8. The van der Waals surface area contributed by atoms with E-state index in [1.165, 1.54) is 17.3 Å². The van der Waals surface area contributed by atoms with Gasteiger partial charge in [-0.25, -0.2) is 8.42 Å². The summed E-state index contributed by atoms with van der Waals surface area (Å²) in [4.78, 5) is 14.3. The second kappa shape index (κ2) is 7.59. The Hall–Kier alpha value is -1.94. The molecule has 146 valence electrons. The predicted octanol–water partition coefficient (Wildman–Crippen LogP) is 1.41. The van der Waals surface area contributed by atoms with Crippen molar-refractivity contribution in [2.45, 2.75) is 43.6 Å². The molecule has 0 N–H and O–H groups in total. The van der Waals surface area contributed by atoms with Gasteiger partial charge in [0.05, 0.1) is 22.4 Å². The summed E-state index contributed by atoms with van der Waals surface area (Å²) in [6.07, 6.45) is 0.488. The van der Waals surface area contributed by atoms with E-state index in [0.717, 1.165) is 11.3 Å². The Morgan fingerprint density at radius 2 is 2.07 bits per heavy atom. The summed E-state index contributed by atoms with van der Waals surface area (Å²) in [5.41, 5.74) is 3.14. The maximum absolute atomic E-state index is 12.7. The zero-order chi connectivity index (χ0) is 19.8. The molecule has 0 bridgehead atoms. The van der Waals surface area contributed by atoms with Crippen LogP contribution < -0.4 is 0 Å². The molecule has 1 saturated heterocycles. The molecule has 3 rings (SSSR count). The van der Waals surface area contributed by atoms with Crippen molar-refractivity contribution in [3.8, 4) is 5.69 Å². The Bertz CT molecular complexity index is 957. The van der Waals surface area contributed by atoms with Crippen LogP contribution >= 0.6 is 11.8 Å². The van der Waals surface area contributed by atoms with E-state index in [1.807, 2.05) is 32.0 Å². The largest absolute Gasteiger partial charge is 0.341 e. The molecule has 0 spiro atoms. The number of rotatable bonds is 5. The van der Waals surface area contributed by atoms with Crippen LogP contribution in [0.1, 0.15) is 24.5 Å². The SMILES string of the molecule is Cc1ccc(-n2nnnc2S[C@H](C)C(=O)N(C)[C@H]2CCS(=O)(=O)C2)cc1C. The Labute approximate surface area is 163 Å². The van der Waals surface area contributed by atoms with E-state index in [1.54, 1.807) is 23.6 Å². The number of hydrogen-bond acceptors (Lipinski definition) is 7. The number of aromatic nitrogens is 4. The summed E-state index contributed by atoms with van der Waals surface area (Å²) < 4.78 is 25.0. The van der Waals surface area contributed by atoms with Crippen LogP contribution in [-0.4, -0.2) is 69.3 Å². The van der Waals surface area contributed by atoms with E-state index in [2.05, 4.69) is 15.5 Å². The van der Waals surface area contributed by atoms with E-state index in [9.17, 15) is 13.2 Å². The maximum Gasteiger partial charge on any atom is 0.235 e. The molecule has 1 aliphatic rings.